The van der Waals surface area contributed by atoms with Gasteiger partial charge in [-0.15, -0.1) is 0 Å². The first-order valence-electron chi connectivity index (χ1n) is 10.3. The van der Waals surface area contributed by atoms with E-state index < -0.39 is 6.10 Å². The van der Waals surface area contributed by atoms with Crippen LogP contribution in [0.4, 0.5) is 0 Å². The Bertz CT molecular complexity index is 1070. The van der Waals surface area contributed by atoms with E-state index in [1.54, 1.807) is 19.1 Å². The van der Waals surface area contributed by atoms with Crippen molar-refractivity contribution >= 4 is 5.91 Å². The largest absolute Gasteiger partial charge is 0.481 e. The molecule has 0 saturated heterocycles. The van der Waals surface area contributed by atoms with Gasteiger partial charge in [0.05, 0.1) is 17.7 Å². The third kappa shape index (κ3) is 4.36. The van der Waals surface area contributed by atoms with Crippen molar-refractivity contribution in [2.75, 3.05) is 0 Å². The van der Waals surface area contributed by atoms with Crippen LogP contribution in [0, 0.1) is 11.3 Å². The number of fused-ring (bicyclic) bond motifs is 1. The number of hydrogen-bond acceptors (Lipinski definition) is 3. The summed E-state index contributed by atoms with van der Waals surface area (Å²) in [7, 11) is 0. The first-order valence-corrected chi connectivity index (χ1v) is 10.3. The number of amides is 1. The molecule has 4 heteroatoms. The molecule has 0 bridgehead atoms. The maximum Gasteiger partial charge on any atom is 0.261 e. The van der Waals surface area contributed by atoms with E-state index in [0.29, 0.717) is 11.3 Å². The molecule has 4 rings (SSSR count). The lowest BCUT2D eigenvalue weighted by molar-refractivity contribution is -0.128. The molecule has 1 aliphatic rings. The van der Waals surface area contributed by atoms with Crippen LogP contribution in [0.5, 0.6) is 5.75 Å². The molecule has 0 unspecified atom stereocenters. The minimum Gasteiger partial charge on any atom is -0.481 e. The summed E-state index contributed by atoms with van der Waals surface area (Å²) in [6.45, 7) is 1.78. The topological polar surface area (TPSA) is 62.1 Å². The van der Waals surface area contributed by atoms with Gasteiger partial charge < -0.3 is 10.1 Å². The Kier molecular flexibility index (Phi) is 5.81. The van der Waals surface area contributed by atoms with Gasteiger partial charge in [0.25, 0.3) is 5.91 Å². The zero-order chi connectivity index (χ0) is 20.9. The fourth-order valence-electron chi connectivity index (χ4n) is 3.91. The molecule has 30 heavy (non-hydrogen) atoms. The number of ether oxygens (including phenoxy) is 1. The molecule has 3 aromatic rings. The number of carbonyl (C=O) groups is 1. The van der Waals surface area contributed by atoms with Gasteiger partial charge in [0.1, 0.15) is 5.75 Å². The summed E-state index contributed by atoms with van der Waals surface area (Å²) in [6, 6.07) is 25.6. The zero-order valence-electron chi connectivity index (χ0n) is 17.0. The van der Waals surface area contributed by atoms with Crippen molar-refractivity contribution in [3.05, 3.63) is 89.5 Å². The monoisotopic (exact) mass is 396 g/mol. The second-order valence-corrected chi connectivity index (χ2v) is 7.63. The lowest BCUT2D eigenvalue weighted by Gasteiger charge is -2.27. The second-order valence-electron chi connectivity index (χ2n) is 7.63. The van der Waals surface area contributed by atoms with Crippen LogP contribution in [0.3, 0.4) is 0 Å². The molecule has 0 spiro atoms. The van der Waals surface area contributed by atoms with E-state index in [9.17, 15) is 4.79 Å². The third-order valence-electron chi connectivity index (χ3n) is 5.57. The molecule has 2 atom stereocenters. The standard InChI is InChI=1S/C26H24N2O2/c1-18(26(29)28-25-8-4-6-22-5-2-3-7-24(22)25)30-23-15-13-21(14-16-23)20-11-9-19(17-27)10-12-20/h2-3,5,7,9-16,18,25H,4,6,8H2,1H3,(H,28,29)/t18-,25-/m0/s1. The first kappa shape index (κ1) is 19.7. The Morgan fingerprint density at radius 3 is 2.40 bits per heavy atom. The van der Waals surface area contributed by atoms with E-state index in [-0.39, 0.29) is 11.9 Å². The van der Waals surface area contributed by atoms with E-state index in [4.69, 9.17) is 10.00 Å². The summed E-state index contributed by atoms with van der Waals surface area (Å²) in [4.78, 5) is 12.7. The molecule has 4 nitrogen and oxygen atoms in total. The van der Waals surface area contributed by atoms with E-state index in [0.717, 1.165) is 30.4 Å². The Morgan fingerprint density at radius 1 is 1.03 bits per heavy atom. The van der Waals surface area contributed by atoms with Crippen LogP contribution in [0.1, 0.15) is 42.5 Å². The summed E-state index contributed by atoms with van der Waals surface area (Å²) in [6.07, 6.45) is 2.52. The zero-order valence-corrected chi connectivity index (χ0v) is 17.0. The Hall–Kier alpha value is -3.58. The molecule has 1 amide bonds. The normalized spacial score (nSPS) is 16.1. The molecule has 0 radical (unpaired) electrons. The van der Waals surface area contributed by atoms with Crippen molar-refractivity contribution in [3.63, 3.8) is 0 Å². The van der Waals surface area contributed by atoms with Gasteiger partial charge in [-0.05, 0) is 72.7 Å². The van der Waals surface area contributed by atoms with Crippen molar-refractivity contribution in [1.29, 1.82) is 5.26 Å². The van der Waals surface area contributed by atoms with E-state index >= 15 is 0 Å². The maximum atomic E-state index is 12.7. The number of rotatable bonds is 5. The van der Waals surface area contributed by atoms with Gasteiger partial charge in [-0.1, -0.05) is 48.5 Å². The van der Waals surface area contributed by atoms with Crippen LogP contribution in [0.15, 0.2) is 72.8 Å². The predicted molar refractivity (Wildman–Crippen MR) is 117 cm³/mol. The van der Waals surface area contributed by atoms with Crippen molar-refractivity contribution in [2.24, 2.45) is 0 Å². The van der Waals surface area contributed by atoms with Crippen LogP contribution >= 0.6 is 0 Å². The van der Waals surface area contributed by atoms with Crippen LogP contribution in [0.25, 0.3) is 11.1 Å². The molecule has 0 aromatic heterocycles. The fraction of sp³-hybridized carbons (Fsp3) is 0.231. The van der Waals surface area contributed by atoms with E-state index in [2.05, 4.69) is 29.6 Å². The molecule has 150 valence electrons. The molecule has 0 saturated carbocycles. The van der Waals surface area contributed by atoms with Crippen molar-refractivity contribution in [2.45, 2.75) is 38.3 Å². The highest BCUT2D eigenvalue weighted by Crippen LogP contribution is 2.29. The Balaban J connectivity index is 1.38. The lowest BCUT2D eigenvalue weighted by atomic mass is 9.87. The smallest absolute Gasteiger partial charge is 0.261 e. The highest BCUT2D eigenvalue weighted by molar-refractivity contribution is 5.81. The van der Waals surface area contributed by atoms with Gasteiger partial charge in [0, 0.05) is 0 Å². The van der Waals surface area contributed by atoms with Gasteiger partial charge in [-0.3, -0.25) is 4.79 Å². The number of benzene rings is 3. The lowest BCUT2D eigenvalue weighted by Crippen LogP contribution is -2.39. The van der Waals surface area contributed by atoms with Crippen LogP contribution in [-0.2, 0) is 11.2 Å². The minimum absolute atomic E-state index is 0.0484. The second kappa shape index (κ2) is 8.84. The molecule has 0 aliphatic heterocycles. The van der Waals surface area contributed by atoms with Gasteiger partial charge in [-0.25, -0.2) is 0 Å². The summed E-state index contributed by atoms with van der Waals surface area (Å²) in [5, 5.41) is 12.1. The van der Waals surface area contributed by atoms with Crippen molar-refractivity contribution in [3.8, 4) is 22.9 Å². The van der Waals surface area contributed by atoms with Crippen molar-refractivity contribution < 1.29 is 9.53 Å². The minimum atomic E-state index is -0.583. The SMILES string of the molecule is C[C@H](Oc1ccc(-c2ccc(C#N)cc2)cc1)C(=O)N[C@H]1CCCc2ccccc21. The number of nitrogens with zero attached hydrogens (tertiary/aromatic N) is 1. The summed E-state index contributed by atoms with van der Waals surface area (Å²) < 4.78 is 5.88. The average Bonchev–Trinajstić information content (AvgIpc) is 2.80. The highest BCUT2D eigenvalue weighted by atomic mass is 16.5. The third-order valence-corrected chi connectivity index (χ3v) is 5.57. The molecular weight excluding hydrogens is 372 g/mol. The van der Waals surface area contributed by atoms with Gasteiger partial charge in [0.15, 0.2) is 6.10 Å². The number of carbonyl (C=O) groups excluding carboxylic acids is 1. The van der Waals surface area contributed by atoms with Crippen LogP contribution < -0.4 is 10.1 Å². The number of hydrogen-bond donors (Lipinski definition) is 1. The first-order chi connectivity index (χ1) is 14.6. The fourth-order valence-corrected chi connectivity index (χ4v) is 3.91. The molecular formula is C26H24N2O2. The van der Waals surface area contributed by atoms with Crippen LogP contribution in [-0.4, -0.2) is 12.0 Å². The van der Waals surface area contributed by atoms with Crippen LogP contribution in [0.2, 0.25) is 0 Å². The van der Waals surface area contributed by atoms with Gasteiger partial charge in [0.2, 0.25) is 0 Å². The Morgan fingerprint density at radius 2 is 1.70 bits per heavy atom. The number of nitriles is 1. The molecule has 0 fully saturated rings. The number of nitrogens with one attached hydrogen (secondary N) is 1. The Labute approximate surface area is 177 Å². The summed E-state index contributed by atoms with van der Waals surface area (Å²) >= 11 is 0. The quantitative estimate of drug-likeness (QED) is 0.646. The molecule has 1 aliphatic carbocycles. The summed E-state index contributed by atoms with van der Waals surface area (Å²) in [5.41, 5.74) is 5.24. The average molecular weight is 396 g/mol. The van der Waals surface area contributed by atoms with Crippen molar-refractivity contribution in [1.82, 2.24) is 5.32 Å². The van der Waals surface area contributed by atoms with E-state index in [1.165, 1.54) is 11.1 Å². The number of aryl methyl sites for hydroxylation is 1. The maximum absolute atomic E-state index is 12.7. The van der Waals surface area contributed by atoms with Gasteiger partial charge in [-0.2, -0.15) is 5.26 Å². The summed E-state index contributed by atoms with van der Waals surface area (Å²) in [5.74, 6) is 0.548. The van der Waals surface area contributed by atoms with E-state index in [1.807, 2.05) is 42.5 Å². The molecule has 1 N–H and O–H groups in total. The molecule has 0 heterocycles. The highest BCUT2D eigenvalue weighted by Gasteiger charge is 2.24. The van der Waals surface area contributed by atoms with Gasteiger partial charge >= 0.3 is 0 Å². The molecule has 3 aromatic carbocycles. The predicted octanol–water partition coefficient (Wildman–Crippen LogP) is 5.19.